The van der Waals surface area contributed by atoms with Crippen LogP contribution < -0.4 is 4.90 Å². The van der Waals surface area contributed by atoms with E-state index in [0.717, 1.165) is 16.7 Å². The van der Waals surface area contributed by atoms with Crippen LogP contribution in [0.5, 0.6) is 0 Å². The highest BCUT2D eigenvalue weighted by Gasteiger charge is 2.22. The predicted molar refractivity (Wildman–Crippen MR) is 102 cm³/mol. The molecule has 5 nitrogen and oxygen atoms in total. The van der Waals surface area contributed by atoms with Crippen LogP contribution in [0.3, 0.4) is 0 Å². The quantitative estimate of drug-likeness (QED) is 0.708. The van der Waals surface area contributed by atoms with Crippen LogP contribution in [0.4, 0.5) is 10.1 Å². The Labute approximate surface area is 157 Å². The number of amides is 1. The van der Waals surface area contributed by atoms with Crippen LogP contribution in [0.1, 0.15) is 17.9 Å². The summed E-state index contributed by atoms with van der Waals surface area (Å²) in [4.78, 5) is 20.8. The predicted octanol–water partition coefficient (Wildman–Crippen LogP) is 3.56. The van der Waals surface area contributed by atoms with Gasteiger partial charge in [-0.2, -0.15) is 0 Å². The van der Waals surface area contributed by atoms with Gasteiger partial charge in [-0.25, -0.2) is 9.37 Å². The maximum absolute atomic E-state index is 13.9. The summed E-state index contributed by atoms with van der Waals surface area (Å²) in [6, 6.07) is 12.7. The van der Waals surface area contributed by atoms with Crippen molar-refractivity contribution < 1.29 is 13.6 Å². The van der Waals surface area contributed by atoms with Gasteiger partial charge in [-0.3, -0.25) is 4.79 Å². The van der Waals surface area contributed by atoms with E-state index in [9.17, 15) is 9.18 Å². The Morgan fingerprint density at radius 3 is 2.70 bits per heavy atom. The summed E-state index contributed by atoms with van der Waals surface area (Å²) in [5.74, 6) is 0.571. The lowest BCUT2D eigenvalue weighted by atomic mass is 10.1. The number of rotatable bonds is 4. The molecule has 2 heterocycles. The first-order valence-electron chi connectivity index (χ1n) is 9.23. The SMILES string of the molecule is Cc1nc2cc(CCC(=O)N3CCN(c4ccccc4F)CC3)ccc2o1. The third-order valence-corrected chi connectivity index (χ3v) is 5.01. The van der Waals surface area contributed by atoms with Crippen molar-refractivity contribution in [3.8, 4) is 0 Å². The number of halogens is 1. The van der Waals surface area contributed by atoms with Crippen LogP contribution in [0.25, 0.3) is 11.1 Å². The van der Waals surface area contributed by atoms with Crippen LogP contribution in [-0.4, -0.2) is 42.0 Å². The molecule has 4 rings (SSSR count). The average molecular weight is 367 g/mol. The van der Waals surface area contributed by atoms with E-state index in [-0.39, 0.29) is 11.7 Å². The van der Waals surface area contributed by atoms with Crippen molar-refractivity contribution in [1.82, 2.24) is 9.88 Å². The van der Waals surface area contributed by atoms with Crippen LogP contribution in [0, 0.1) is 12.7 Å². The Morgan fingerprint density at radius 2 is 1.93 bits per heavy atom. The largest absolute Gasteiger partial charge is 0.441 e. The van der Waals surface area contributed by atoms with E-state index >= 15 is 0 Å². The molecule has 0 aliphatic carbocycles. The Bertz CT molecular complexity index is 961. The third-order valence-electron chi connectivity index (χ3n) is 5.01. The van der Waals surface area contributed by atoms with Gasteiger partial charge in [0.2, 0.25) is 5.91 Å². The number of fused-ring (bicyclic) bond motifs is 1. The van der Waals surface area contributed by atoms with Gasteiger partial charge >= 0.3 is 0 Å². The topological polar surface area (TPSA) is 49.6 Å². The smallest absolute Gasteiger partial charge is 0.223 e. The normalized spacial score (nSPS) is 14.7. The maximum Gasteiger partial charge on any atom is 0.223 e. The van der Waals surface area contributed by atoms with Gasteiger partial charge in [0.1, 0.15) is 11.3 Å². The minimum Gasteiger partial charge on any atom is -0.441 e. The molecule has 27 heavy (non-hydrogen) atoms. The highest BCUT2D eigenvalue weighted by Crippen LogP contribution is 2.21. The molecule has 1 aliphatic heterocycles. The van der Waals surface area contributed by atoms with Gasteiger partial charge in [-0.1, -0.05) is 18.2 Å². The molecule has 3 aromatic rings. The lowest BCUT2D eigenvalue weighted by molar-refractivity contribution is -0.131. The first-order chi connectivity index (χ1) is 13.1. The van der Waals surface area contributed by atoms with Crippen molar-refractivity contribution >= 4 is 22.7 Å². The third kappa shape index (κ3) is 3.79. The number of aryl methyl sites for hydroxylation is 2. The molecule has 0 radical (unpaired) electrons. The van der Waals surface area contributed by atoms with Crippen molar-refractivity contribution in [3.63, 3.8) is 0 Å². The molecule has 6 heteroatoms. The molecule has 140 valence electrons. The monoisotopic (exact) mass is 367 g/mol. The number of benzene rings is 2. The van der Waals surface area contributed by atoms with Gasteiger partial charge in [0.05, 0.1) is 5.69 Å². The summed E-state index contributed by atoms with van der Waals surface area (Å²) in [5.41, 5.74) is 3.29. The fourth-order valence-electron chi connectivity index (χ4n) is 3.56. The maximum atomic E-state index is 13.9. The second kappa shape index (κ2) is 7.39. The molecule has 1 aliphatic rings. The Hall–Kier alpha value is -2.89. The van der Waals surface area contributed by atoms with E-state index in [1.54, 1.807) is 12.1 Å². The van der Waals surface area contributed by atoms with Crippen LogP contribution in [0.2, 0.25) is 0 Å². The first-order valence-corrected chi connectivity index (χ1v) is 9.23. The number of hydrogen-bond acceptors (Lipinski definition) is 4. The second-order valence-electron chi connectivity index (χ2n) is 6.85. The highest BCUT2D eigenvalue weighted by molar-refractivity contribution is 5.77. The van der Waals surface area contributed by atoms with Crippen molar-refractivity contribution in [2.24, 2.45) is 0 Å². The van der Waals surface area contributed by atoms with Crippen LogP contribution in [-0.2, 0) is 11.2 Å². The van der Waals surface area contributed by atoms with E-state index in [1.807, 2.05) is 41.0 Å². The molecule has 0 bridgehead atoms. The van der Waals surface area contributed by atoms with Gasteiger partial charge in [-0.05, 0) is 36.2 Å². The molecular weight excluding hydrogens is 345 g/mol. The summed E-state index contributed by atoms with van der Waals surface area (Å²) < 4.78 is 19.4. The van der Waals surface area contributed by atoms with Gasteiger partial charge < -0.3 is 14.2 Å². The van der Waals surface area contributed by atoms with Gasteiger partial charge in [0.25, 0.3) is 0 Å². The summed E-state index contributed by atoms with van der Waals surface area (Å²) in [6.07, 6.45) is 1.14. The number of carbonyl (C=O) groups is 1. The molecule has 0 saturated carbocycles. The number of aromatic nitrogens is 1. The number of hydrogen-bond donors (Lipinski definition) is 0. The van der Waals surface area contributed by atoms with Crippen molar-refractivity contribution in [1.29, 1.82) is 0 Å². The summed E-state index contributed by atoms with van der Waals surface area (Å²) in [5, 5.41) is 0. The molecule has 0 N–H and O–H groups in total. The van der Waals surface area contributed by atoms with E-state index < -0.39 is 0 Å². The number of piperazine rings is 1. The molecular formula is C21H22FN3O2. The standard InChI is InChI=1S/C21H22FN3O2/c1-15-23-18-14-16(6-8-20(18)27-15)7-9-21(26)25-12-10-24(11-13-25)19-5-3-2-4-17(19)22/h2-6,8,14H,7,9-13H2,1H3. The summed E-state index contributed by atoms with van der Waals surface area (Å²) >= 11 is 0. The molecule has 1 aromatic heterocycles. The lowest BCUT2D eigenvalue weighted by Gasteiger charge is -2.36. The fraction of sp³-hybridized carbons (Fsp3) is 0.333. The zero-order valence-electron chi connectivity index (χ0n) is 15.3. The van der Waals surface area contributed by atoms with Crippen molar-refractivity contribution in [2.75, 3.05) is 31.1 Å². The molecule has 1 saturated heterocycles. The number of para-hydroxylation sites is 1. The minimum atomic E-state index is -0.212. The number of anilines is 1. The average Bonchev–Trinajstić information content (AvgIpc) is 3.06. The van der Waals surface area contributed by atoms with Gasteiger partial charge in [-0.15, -0.1) is 0 Å². The molecule has 2 aromatic carbocycles. The molecule has 1 amide bonds. The van der Waals surface area contributed by atoms with E-state index in [4.69, 9.17) is 4.42 Å². The van der Waals surface area contributed by atoms with Crippen LogP contribution in [0.15, 0.2) is 46.9 Å². The van der Waals surface area contributed by atoms with E-state index in [1.165, 1.54) is 6.07 Å². The fourth-order valence-corrected chi connectivity index (χ4v) is 3.56. The number of carbonyl (C=O) groups excluding carboxylic acids is 1. The Morgan fingerprint density at radius 1 is 1.15 bits per heavy atom. The molecule has 0 atom stereocenters. The second-order valence-corrected chi connectivity index (χ2v) is 6.85. The van der Waals surface area contributed by atoms with E-state index in [0.29, 0.717) is 50.6 Å². The molecule has 1 fully saturated rings. The molecule has 0 spiro atoms. The molecule has 0 unspecified atom stereocenters. The van der Waals surface area contributed by atoms with Gasteiger partial charge in [0, 0.05) is 39.5 Å². The number of nitrogens with zero attached hydrogens (tertiary/aromatic N) is 3. The number of oxazole rings is 1. The minimum absolute atomic E-state index is 0.139. The highest BCUT2D eigenvalue weighted by atomic mass is 19.1. The Kier molecular flexibility index (Phi) is 4.79. The zero-order chi connectivity index (χ0) is 18.8. The Balaban J connectivity index is 1.32. The van der Waals surface area contributed by atoms with Crippen molar-refractivity contribution in [3.05, 3.63) is 59.7 Å². The van der Waals surface area contributed by atoms with Crippen LogP contribution >= 0.6 is 0 Å². The van der Waals surface area contributed by atoms with E-state index in [2.05, 4.69) is 4.98 Å². The zero-order valence-corrected chi connectivity index (χ0v) is 15.3. The van der Waals surface area contributed by atoms with Crippen molar-refractivity contribution in [2.45, 2.75) is 19.8 Å². The summed E-state index contributed by atoms with van der Waals surface area (Å²) in [6.45, 7) is 4.36. The van der Waals surface area contributed by atoms with Gasteiger partial charge in [0.15, 0.2) is 11.5 Å². The summed E-state index contributed by atoms with van der Waals surface area (Å²) in [7, 11) is 0. The lowest BCUT2D eigenvalue weighted by Crippen LogP contribution is -2.49. The first kappa shape index (κ1) is 17.5.